The van der Waals surface area contributed by atoms with Crippen LogP contribution in [0.15, 0.2) is 52.7 Å². The van der Waals surface area contributed by atoms with Crippen LogP contribution < -0.4 is 10.1 Å². The van der Waals surface area contributed by atoms with Crippen LogP contribution in [-0.4, -0.2) is 30.9 Å². The fourth-order valence-corrected chi connectivity index (χ4v) is 2.77. The Morgan fingerprint density at radius 1 is 1.22 bits per heavy atom. The summed E-state index contributed by atoms with van der Waals surface area (Å²) in [5.41, 5.74) is 2.34. The molecule has 0 saturated heterocycles. The molecule has 2 unspecified atom stereocenters. The van der Waals surface area contributed by atoms with Crippen molar-refractivity contribution in [3.8, 4) is 5.75 Å². The summed E-state index contributed by atoms with van der Waals surface area (Å²) in [6, 6.07) is 12.1. The second kappa shape index (κ2) is 7.49. The monoisotopic (exact) mass is 313 g/mol. The van der Waals surface area contributed by atoms with Gasteiger partial charge in [0.15, 0.2) is 0 Å². The van der Waals surface area contributed by atoms with E-state index in [-0.39, 0.29) is 18.6 Å². The van der Waals surface area contributed by atoms with Gasteiger partial charge in [-0.2, -0.15) is 0 Å². The van der Waals surface area contributed by atoms with E-state index >= 15 is 0 Å². The van der Waals surface area contributed by atoms with Gasteiger partial charge < -0.3 is 19.6 Å². The lowest BCUT2D eigenvalue weighted by Crippen LogP contribution is -2.36. The highest BCUT2D eigenvalue weighted by atomic mass is 16.5. The topological polar surface area (TPSA) is 54.6 Å². The maximum Gasteiger partial charge on any atom is 0.127 e. The van der Waals surface area contributed by atoms with Crippen LogP contribution in [0.3, 0.4) is 0 Å². The number of aliphatic hydroxyl groups is 1. The molecule has 0 fully saturated rings. The minimum atomic E-state index is 0.138. The van der Waals surface area contributed by atoms with E-state index in [0.29, 0.717) is 6.61 Å². The largest absolute Gasteiger partial charge is 0.489 e. The highest BCUT2D eigenvalue weighted by molar-refractivity contribution is 5.62. The molecule has 4 nitrogen and oxygen atoms in total. The van der Waals surface area contributed by atoms with Crippen molar-refractivity contribution in [1.29, 1.82) is 0 Å². The molecule has 3 rings (SSSR count). The third-order valence-electron chi connectivity index (χ3n) is 4.25. The number of rotatable bonds is 7. The molecule has 0 radical (unpaired) electrons. The molecular weight excluding hydrogens is 290 g/mol. The predicted octanol–water partition coefficient (Wildman–Crippen LogP) is 2.88. The van der Waals surface area contributed by atoms with Crippen LogP contribution in [0.4, 0.5) is 0 Å². The third kappa shape index (κ3) is 4.03. The van der Waals surface area contributed by atoms with Gasteiger partial charge in [-0.25, -0.2) is 0 Å². The van der Waals surface area contributed by atoms with Gasteiger partial charge in [-0.3, -0.25) is 0 Å². The number of fused-ring (bicyclic) bond motifs is 1. The van der Waals surface area contributed by atoms with Crippen molar-refractivity contribution in [3.05, 3.63) is 59.6 Å². The van der Waals surface area contributed by atoms with Crippen LogP contribution in [0.5, 0.6) is 5.75 Å². The standard InChI is InChI=1S/C19H23NO3/c1-14(17-10-16-5-2-3-7-19(16)23-13-17)20-11-15(12-21)9-18-6-4-8-22-18/h2-8,10,14-15,20-21H,9,11-13H2,1H3. The number of nitrogens with one attached hydrogen (secondary N) is 1. The molecule has 0 aliphatic carbocycles. The van der Waals surface area contributed by atoms with E-state index in [1.54, 1.807) is 6.26 Å². The molecule has 4 heteroatoms. The van der Waals surface area contributed by atoms with Crippen molar-refractivity contribution in [3.63, 3.8) is 0 Å². The molecule has 1 aliphatic heterocycles. The highest BCUT2D eigenvalue weighted by Gasteiger charge is 2.17. The van der Waals surface area contributed by atoms with Gasteiger partial charge in [0.1, 0.15) is 18.1 Å². The van der Waals surface area contributed by atoms with E-state index in [4.69, 9.17) is 9.15 Å². The van der Waals surface area contributed by atoms with Crippen molar-refractivity contribution in [2.75, 3.05) is 19.8 Å². The summed E-state index contributed by atoms with van der Waals surface area (Å²) in [6.07, 6.45) is 4.60. The molecule has 122 valence electrons. The number of hydrogen-bond donors (Lipinski definition) is 2. The van der Waals surface area contributed by atoms with Crippen molar-refractivity contribution in [1.82, 2.24) is 5.32 Å². The molecule has 23 heavy (non-hydrogen) atoms. The summed E-state index contributed by atoms with van der Waals surface area (Å²) in [4.78, 5) is 0. The van der Waals surface area contributed by atoms with E-state index in [2.05, 4.69) is 24.4 Å². The lowest BCUT2D eigenvalue weighted by molar-refractivity contribution is 0.213. The molecule has 0 bridgehead atoms. The molecule has 1 aliphatic rings. The van der Waals surface area contributed by atoms with Gasteiger partial charge in [-0.1, -0.05) is 18.2 Å². The van der Waals surface area contributed by atoms with Crippen LogP contribution in [0, 0.1) is 5.92 Å². The Hall–Kier alpha value is -2.04. The van der Waals surface area contributed by atoms with Gasteiger partial charge in [-0.15, -0.1) is 0 Å². The van der Waals surface area contributed by atoms with E-state index in [0.717, 1.165) is 30.0 Å². The quantitative estimate of drug-likeness (QED) is 0.825. The summed E-state index contributed by atoms with van der Waals surface area (Å²) in [7, 11) is 0. The average Bonchev–Trinajstić information content (AvgIpc) is 3.11. The minimum Gasteiger partial charge on any atom is -0.489 e. The van der Waals surface area contributed by atoms with Gasteiger partial charge in [0.25, 0.3) is 0 Å². The Morgan fingerprint density at radius 3 is 2.87 bits per heavy atom. The van der Waals surface area contributed by atoms with Gasteiger partial charge >= 0.3 is 0 Å². The Kier molecular flexibility index (Phi) is 5.16. The third-order valence-corrected chi connectivity index (χ3v) is 4.25. The molecule has 2 atom stereocenters. The fraction of sp³-hybridized carbons (Fsp3) is 0.368. The van der Waals surface area contributed by atoms with Crippen molar-refractivity contribution >= 4 is 6.08 Å². The van der Waals surface area contributed by atoms with Gasteiger partial charge in [-0.05, 0) is 36.8 Å². The number of aliphatic hydroxyl groups excluding tert-OH is 1. The first-order chi connectivity index (χ1) is 11.3. The van der Waals surface area contributed by atoms with Gasteiger partial charge in [0.05, 0.1) is 6.26 Å². The normalized spacial score (nSPS) is 16.2. The highest BCUT2D eigenvalue weighted by Crippen LogP contribution is 2.26. The van der Waals surface area contributed by atoms with Crippen LogP contribution in [0.25, 0.3) is 6.08 Å². The Bertz CT molecular complexity index is 648. The number of hydrogen-bond acceptors (Lipinski definition) is 4. The zero-order chi connectivity index (χ0) is 16.1. The molecule has 0 saturated carbocycles. The first kappa shape index (κ1) is 15.8. The van der Waals surface area contributed by atoms with E-state index in [1.165, 1.54) is 5.57 Å². The Balaban J connectivity index is 1.56. The smallest absolute Gasteiger partial charge is 0.127 e. The van der Waals surface area contributed by atoms with Crippen molar-refractivity contribution in [2.24, 2.45) is 5.92 Å². The van der Waals surface area contributed by atoms with E-state index < -0.39 is 0 Å². The van der Waals surface area contributed by atoms with Crippen LogP contribution >= 0.6 is 0 Å². The van der Waals surface area contributed by atoms with Crippen LogP contribution in [-0.2, 0) is 6.42 Å². The fourth-order valence-electron chi connectivity index (χ4n) is 2.77. The van der Waals surface area contributed by atoms with E-state index in [9.17, 15) is 5.11 Å². The lowest BCUT2D eigenvalue weighted by Gasteiger charge is -2.24. The molecule has 2 N–H and O–H groups in total. The average molecular weight is 313 g/mol. The minimum absolute atomic E-state index is 0.138. The van der Waals surface area contributed by atoms with Gasteiger partial charge in [0, 0.05) is 37.1 Å². The summed E-state index contributed by atoms with van der Waals surface area (Å²) < 4.78 is 11.2. The second-order valence-electron chi connectivity index (χ2n) is 6.01. The molecule has 0 spiro atoms. The molecule has 2 heterocycles. The summed E-state index contributed by atoms with van der Waals surface area (Å²) in [5.74, 6) is 1.99. The predicted molar refractivity (Wildman–Crippen MR) is 90.4 cm³/mol. The molecule has 1 aromatic heterocycles. The second-order valence-corrected chi connectivity index (χ2v) is 6.01. The number of para-hydroxylation sites is 1. The summed E-state index contributed by atoms with van der Waals surface area (Å²) in [5, 5.41) is 13.1. The first-order valence-electron chi connectivity index (χ1n) is 8.05. The van der Waals surface area contributed by atoms with Crippen molar-refractivity contribution in [2.45, 2.75) is 19.4 Å². The van der Waals surface area contributed by atoms with Crippen molar-refractivity contribution < 1.29 is 14.3 Å². The zero-order valence-electron chi connectivity index (χ0n) is 13.4. The zero-order valence-corrected chi connectivity index (χ0v) is 13.4. The maximum atomic E-state index is 9.56. The number of ether oxygens (including phenoxy) is 1. The summed E-state index contributed by atoms with van der Waals surface area (Å²) in [6.45, 7) is 3.60. The lowest BCUT2D eigenvalue weighted by atomic mass is 10.0. The van der Waals surface area contributed by atoms with E-state index in [1.807, 2.05) is 30.3 Å². The molecule has 0 amide bonds. The first-order valence-corrected chi connectivity index (χ1v) is 8.05. The Labute approximate surface area is 136 Å². The molecule has 1 aromatic carbocycles. The van der Waals surface area contributed by atoms with Gasteiger partial charge in [0.2, 0.25) is 0 Å². The number of benzene rings is 1. The SMILES string of the molecule is CC(NCC(CO)Cc1ccco1)C1=Cc2ccccc2OC1. The number of furan rings is 1. The summed E-state index contributed by atoms with van der Waals surface area (Å²) >= 11 is 0. The van der Waals surface area contributed by atoms with Crippen LogP contribution in [0.1, 0.15) is 18.2 Å². The molecular formula is C19H23NO3. The van der Waals surface area contributed by atoms with Crippen LogP contribution in [0.2, 0.25) is 0 Å². The maximum absolute atomic E-state index is 9.56. The molecule has 2 aromatic rings. The Morgan fingerprint density at radius 2 is 2.09 bits per heavy atom.